The van der Waals surface area contributed by atoms with Crippen LogP contribution in [0.1, 0.15) is 53.4 Å². The molecule has 0 spiro atoms. The zero-order chi connectivity index (χ0) is 11.3. The molecule has 1 fully saturated rings. The predicted molar refractivity (Wildman–Crippen MR) is 67.2 cm³/mol. The van der Waals surface area contributed by atoms with Crippen molar-refractivity contribution in [2.24, 2.45) is 4.99 Å². The summed E-state index contributed by atoms with van der Waals surface area (Å²) in [6.07, 6.45) is 7.64. The van der Waals surface area contributed by atoms with Crippen LogP contribution in [-0.2, 0) is 0 Å². The van der Waals surface area contributed by atoms with Gasteiger partial charge in [-0.3, -0.25) is 4.99 Å². The normalized spacial score (nSPS) is 23.7. The van der Waals surface area contributed by atoms with Crippen LogP contribution in [0.2, 0.25) is 0 Å². The third-order valence-electron chi connectivity index (χ3n) is 2.97. The Morgan fingerprint density at radius 3 is 2.67 bits per heavy atom. The molecule has 0 aromatic rings. The molecule has 0 aromatic heterocycles. The molecule has 1 aliphatic heterocycles. The van der Waals surface area contributed by atoms with E-state index in [0.29, 0.717) is 6.17 Å². The van der Waals surface area contributed by atoms with Gasteiger partial charge in [0.2, 0.25) is 0 Å². The SMILES string of the molecule is CC.CCC1N=C2CCCC2=CN1CC. The van der Waals surface area contributed by atoms with Gasteiger partial charge < -0.3 is 4.90 Å². The average Bonchev–Trinajstić information content (AvgIpc) is 2.76. The van der Waals surface area contributed by atoms with Crippen molar-refractivity contribution >= 4 is 5.71 Å². The number of aliphatic imine (C=N–C) groups is 1. The molecule has 0 aromatic carbocycles. The van der Waals surface area contributed by atoms with Crippen LogP contribution >= 0.6 is 0 Å². The fourth-order valence-corrected chi connectivity index (χ4v) is 2.21. The number of hydrogen-bond donors (Lipinski definition) is 0. The molecule has 1 aliphatic carbocycles. The molecular formula is C13H24N2. The van der Waals surface area contributed by atoms with Crippen LogP contribution in [0.5, 0.6) is 0 Å². The quantitative estimate of drug-likeness (QED) is 0.677. The molecule has 0 N–H and O–H groups in total. The van der Waals surface area contributed by atoms with Crippen molar-refractivity contribution in [3.8, 4) is 0 Å². The van der Waals surface area contributed by atoms with Crippen LogP contribution in [0.25, 0.3) is 0 Å². The van der Waals surface area contributed by atoms with Gasteiger partial charge in [0, 0.05) is 18.5 Å². The zero-order valence-electron chi connectivity index (χ0n) is 10.6. The van der Waals surface area contributed by atoms with E-state index >= 15 is 0 Å². The first kappa shape index (κ1) is 12.3. The molecule has 15 heavy (non-hydrogen) atoms. The van der Waals surface area contributed by atoms with Crippen molar-refractivity contribution in [1.29, 1.82) is 0 Å². The molecule has 0 radical (unpaired) electrons. The highest BCUT2D eigenvalue weighted by molar-refractivity contribution is 6.02. The Balaban J connectivity index is 0.000000531. The lowest BCUT2D eigenvalue weighted by atomic mass is 10.1. The first-order valence-electron chi connectivity index (χ1n) is 6.38. The van der Waals surface area contributed by atoms with Gasteiger partial charge >= 0.3 is 0 Å². The van der Waals surface area contributed by atoms with Gasteiger partial charge in [-0.2, -0.15) is 0 Å². The second-order valence-electron chi connectivity index (χ2n) is 3.80. The first-order valence-corrected chi connectivity index (χ1v) is 6.38. The van der Waals surface area contributed by atoms with E-state index in [1.54, 1.807) is 0 Å². The first-order chi connectivity index (χ1) is 7.35. The summed E-state index contributed by atoms with van der Waals surface area (Å²) in [5.74, 6) is 0. The summed E-state index contributed by atoms with van der Waals surface area (Å²) in [5.41, 5.74) is 2.88. The molecule has 86 valence electrons. The van der Waals surface area contributed by atoms with Crippen LogP contribution in [0.15, 0.2) is 16.8 Å². The monoisotopic (exact) mass is 208 g/mol. The second-order valence-corrected chi connectivity index (χ2v) is 3.80. The van der Waals surface area contributed by atoms with E-state index in [4.69, 9.17) is 4.99 Å². The van der Waals surface area contributed by atoms with E-state index in [2.05, 4.69) is 24.9 Å². The van der Waals surface area contributed by atoms with Gasteiger partial charge in [-0.15, -0.1) is 0 Å². The van der Waals surface area contributed by atoms with Crippen LogP contribution < -0.4 is 0 Å². The zero-order valence-corrected chi connectivity index (χ0v) is 10.6. The molecule has 2 heteroatoms. The minimum absolute atomic E-state index is 0.418. The van der Waals surface area contributed by atoms with E-state index < -0.39 is 0 Å². The van der Waals surface area contributed by atoms with E-state index in [1.165, 1.54) is 30.5 Å². The Kier molecular flexibility index (Phi) is 4.86. The Morgan fingerprint density at radius 1 is 1.33 bits per heavy atom. The number of rotatable bonds is 2. The highest BCUT2D eigenvalue weighted by Crippen LogP contribution is 2.28. The minimum Gasteiger partial charge on any atom is -0.356 e. The maximum absolute atomic E-state index is 4.79. The van der Waals surface area contributed by atoms with Gasteiger partial charge in [0.25, 0.3) is 0 Å². The summed E-state index contributed by atoms with van der Waals surface area (Å²) >= 11 is 0. The molecule has 0 saturated heterocycles. The Bertz CT molecular complexity index is 227. The van der Waals surface area contributed by atoms with Crippen molar-refractivity contribution in [2.75, 3.05) is 6.54 Å². The highest BCUT2D eigenvalue weighted by Gasteiger charge is 2.23. The second kappa shape index (κ2) is 5.94. The Labute approximate surface area is 94.1 Å². The Morgan fingerprint density at radius 2 is 2.07 bits per heavy atom. The minimum atomic E-state index is 0.418. The van der Waals surface area contributed by atoms with Crippen molar-refractivity contribution in [1.82, 2.24) is 4.90 Å². The fourth-order valence-electron chi connectivity index (χ4n) is 2.21. The third kappa shape index (κ3) is 2.61. The van der Waals surface area contributed by atoms with Crippen LogP contribution in [0, 0.1) is 0 Å². The maximum Gasteiger partial charge on any atom is 0.120 e. The predicted octanol–water partition coefficient (Wildman–Crippen LogP) is 3.59. The molecule has 1 atom stereocenters. The molecule has 2 aliphatic rings. The van der Waals surface area contributed by atoms with Crippen molar-refractivity contribution < 1.29 is 0 Å². The van der Waals surface area contributed by atoms with E-state index in [9.17, 15) is 0 Å². The highest BCUT2D eigenvalue weighted by atomic mass is 15.2. The molecule has 1 unspecified atom stereocenters. The number of nitrogens with zero attached hydrogens (tertiary/aromatic N) is 2. The topological polar surface area (TPSA) is 15.6 Å². The molecular weight excluding hydrogens is 184 g/mol. The van der Waals surface area contributed by atoms with Crippen molar-refractivity contribution in [2.45, 2.75) is 59.5 Å². The average molecular weight is 208 g/mol. The smallest absolute Gasteiger partial charge is 0.120 e. The lowest BCUT2D eigenvalue weighted by Crippen LogP contribution is -2.32. The van der Waals surface area contributed by atoms with Crippen molar-refractivity contribution in [3.63, 3.8) is 0 Å². The number of fused-ring (bicyclic) bond motifs is 1. The summed E-state index contributed by atoms with van der Waals surface area (Å²) in [6, 6.07) is 0. The number of allylic oxidation sites excluding steroid dienone is 1. The van der Waals surface area contributed by atoms with Crippen LogP contribution in [-0.4, -0.2) is 23.3 Å². The molecule has 2 nitrogen and oxygen atoms in total. The standard InChI is InChI=1S/C11H18N2.C2H6/c1-3-11-12-10-7-5-6-9(10)8-13(11)4-2;1-2/h8,11H,3-7H2,1-2H3;1-2H3. The third-order valence-corrected chi connectivity index (χ3v) is 2.97. The van der Waals surface area contributed by atoms with Crippen LogP contribution in [0.3, 0.4) is 0 Å². The van der Waals surface area contributed by atoms with E-state index in [-0.39, 0.29) is 0 Å². The van der Waals surface area contributed by atoms with E-state index in [1.807, 2.05) is 13.8 Å². The van der Waals surface area contributed by atoms with Gasteiger partial charge in [-0.25, -0.2) is 0 Å². The molecule has 0 amide bonds. The number of hydrogen-bond acceptors (Lipinski definition) is 2. The molecule has 2 rings (SSSR count). The lowest BCUT2D eigenvalue weighted by Gasteiger charge is -2.30. The van der Waals surface area contributed by atoms with Gasteiger partial charge in [0.05, 0.1) is 0 Å². The molecule has 0 bridgehead atoms. The lowest BCUT2D eigenvalue weighted by molar-refractivity contribution is 0.284. The van der Waals surface area contributed by atoms with Crippen molar-refractivity contribution in [3.05, 3.63) is 11.8 Å². The summed E-state index contributed by atoms with van der Waals surface area (Å²) in [7, 11) is 0. The Hall–Kier alpha value is -0.790. The van der Waals surface area contributed by atoms with Gasteiger partial charge in [-0.1, -0.05) is 20.8 Å². The molecule has 1 heterocycles. The summed E-state index contributed by atoms with van der Waals surface area (Å²) in [5, 5.41) is 0. The van der Waals surface area contributed by atoms with Gasteiger partial charge in [-0.05, 0) is 38.2 Å². The fraction of sp³-hybridized carbons (Fsp3) is 0.769. The largest absolute Gasteiger partial charge is 0.356 e. The summed E-state index contributed by atoms with van der Waals surface area (Å²) in [6.45, 7) is 9.50. The van der Waals surface area contributed by atoms with Crippen LogP contribution in [0.4, 0.5) is 0 Å². The van der Waals surface area contributed by atoms with Gasteiger partial charge in [0.1, 0.15) is 6.17 Å². The van der Waals surface area contributed by atoms with E-state index in [0.717, 1.165) is 13.0 Å². The summed E-state index contributed by atoms with van der Waals surface area (Å²) in [4.78, 5) is 7.15. The maximum atomic E-state index is 4.79. The van der Waals surface area contributed by atoms with Gasteiger partial charge in [0.15, 0.2) is 0 Å². The summed E-state index contributed by atoms with van der Waals surface area (Å²) < 4.78 is 0. The molecule has 1 saturated carbocycles.